The summed E-state index contributed by atoms with van der Waals surface area (Å²) < 4.78 is 19.0. The summed E-state index contributed by atoms with van der Waals surface area (Å²) in [6.07, 6.45) is 3.26. The Bertz CT molecular complexity index is 458. The number of nitrogens with zero attached hydrogens (tertiary/aromatic N) is 2. The van der Waals surface area contributed by atoms with Crippen LogP contribution in [0.4, 0.5) is 4.39 Å². The Balaban J connectivity index is 2.05. The number of hydrogen-bond acceptors (Lipinski definition) is 3. The normalized spacial score (nSPS) is 10.1. The zero-order valence-electron chi connectivity index (χ0n) is 8.23. The molecular formula is C11H8BrFN2O. The van der Waals surface area contributed by atoms with E-state index in [0.29, 0.717) is 16.0 Å². The first-order valence-electron chi connectivity index (χ1n) is 4.59. The number of halogens is 2. The van der Waals surface area contributed by atoms with Gasteiger partial charge in [0.15, 0.2) is 5.82 Å². The third-order valence-corrected chi connectivity index (χ3v) is 2.28. The molecule has 0 unspecified atom stereocenters. The van der Waals surface area contributed by atoms with Crippen LogP contribution in [0.5, 0.6) is 5.75 Å². The number of hydrogen-bond donors (Lipinski definition) is 0. The van der Waals surface area contributed by atoms with Crippen LogP contribution in [0.25, 0.3) is 0 Å². The predicted octanol–water partition coefficient (Wildman–Crippen LogP) is 2.96. The highest BCUT2D eigenvalue weighted by atomic mass is 79.9. The van der Waals surface area contributed by atoms with Gasteiger partial charge >= 0.3 is 0 Å². The third kappa shape index (κ3) is 3.00. The molecule has 82 valence electrons. The van der Waals surface area contributed by atoms with Gasteiger partial charge in [0, 0.05) is 22.9 Å². The maximum atomic E-state index is 13.0. The van der Waals surface area contributed by atoms with Crippen molar-refractivity contribution in [2.24, 2.45) is 0 Å². The second-order valence-electron chi connectivity index (χ2n) is 3.06. The van der Waals surface area contributed by atoms with Crippen molar-refractivity contribution in [2.45, 2.75) is 6.61 Å². The van der Waals surface area contributed by atoms with Crippen LogP contribution in [0.15, 0.2) is 41.1 Å². The van der Waals surface area contributed by atoms with Crippen LogP contribution >= 0.6 is 15.9 Å². The van der Waals surface area contributed by atoms with E-state index in [2.05, 4.69) is 25.9 Å². The minimum atomic E-state index is -0.349. The number of benzene rings is 1. The molecule has 2 rings (SSSR count). The molecule has 0 saturated carbocycles. The van der Waals surface area contributed by atoms with Crippen LogP contribution in [0.1, 0.15) is 5.82 Å². The van der Waals surface area contributed by atoms with Crippen LogP contribution in [-0.2, 0) is 6.61 Å². The minimum Gasteiger partial charge on any atom is -0.485 e. The molecule has 0 saturated heterocycles. The van der Waals surface area contributed by atoms with Crippen molar-refractivity contribution in [1.29, 1.82) is 0 Å². The Morgan fingerprint density at radius 1 is 1.19 bits per heavy atom. The lowest BCUT2D eigenvalue weighted by Crippen LogP contribution is -2.00. The van der Waals surface area contributed by atoms with E-state index < -0.39 is 0 Å². The van der Waals surface area contributed by atoms with Gasteiger partial charge < -0.3 is 4.74 Å². The summed E-state index contributed by atoms with van der Waals surface area (Å²) in [5.74, 6) is 0.653. The molecule has 0 fully saturated rings. The first-order valence-corrected chi connectivity index (χ1v) is 5.38. The molecule has 0 aliphatic rings. The summed E-state index contributed by atoms with van der Waals surface area (Å²) in [7, 11) is 0. The molecule has 2 aromatic rings. The zero-order valence-corrected chi connectivity index (χ0v) is 9.82. The number of aromatic nitrogens is 2. The molecule has 5 heteroatoms. The lowest BCUT2D eigenvalue weighted by atomic mass is 10.3. The van der Waals surface area contributed by atoms with Crippen molar-refractivity contribution < 1.29 is 9.13 Å². The van der Waals surface area contributed by atoms with Crippen molar-refractivity contribution in [2.75, 3.05) is 0 Å². The molecule has 0 aliphatic heterocycles. The Morgan fingerprint density at radius 2 is 1.94 bits per heavy atom. The zero-order chi connectivity index (χ0) is 11.4. The van der Waals surface area contributed by atoms with E-state index in [1.807, 2.05) is 0 Å². The SMILES string of the molecule is Fc1cc(Br)cc(OCc2ncccn2)c1. The van der Waals surface area contributed by atoms with Crippen molar-refractivity contribution in [1.82, 2.24) is 9.97 Å². The molecule has 16 heavy (non-hydrogen) atoms. The maximum Gasteiger partial charge on any atom is 0.166 e. The summed E-state index contributed by atoms with van der Waals surface area (Å²) in [5, 5.41) is 0. The molecule has 1 heterocycles. The van der Waals surface area contributed by atoms with Gasteiger partial charge in [0.05, 0.1) is 0 Å². The van der Waals surface area contributed by atoms with E-state index in [1.165, 1.54) is 12.1 Å². The summed E-state index contributed by atoms with van der Waals surface area (Å²) in [6.45, 7) is 0.219. The second kappa shape index (κ2) is 5.03. The molecule has 0 atom stereocenters. The molecule has 0 aliphatic carbocycles. The van der Waals surface area contributed by atoms with Gasteiger partial charge in [0.2, 0.25) is 0 Å². The molecule has 0 radical (unpaired) electrons. The Kier molecular flexibility index (Phi) is 3.46. The number of ether oxygens (including phenoxy) is 1. The largest absolute Gasteiger partial charge is 0.485 e. The van der Waals surface area contributed by atoms with Gasteiger partial charge in [-0.15, -0.1) is 0 Å². The Labute approximate surface area is 100 Å². The highest BCUT2D eigenvalue weighted by molar-refractivity contribution is 9.10. The van der Waals surface area contributed by atoms with E-state index >= 15 is 0 Å². The minimum absolute atomic E-state index is 0.219. The fourth-order valence-electron chi connectivity index (χ4n) is 1.16. The quantitative estimate of drug-likeness (QED) is 0.868. The third-order valence-electron chi connectivity index (χ3n) is 1.82. The van der Waals surface area contributed by atoms with Crippen LogP contribution in [0.3, 0.4) is 0 Å². The first kappa shape index (κ1) is 11.0. The predicted molar refractivity (Wildman–Crippen MR) is 60.5 cm³/mol. The van der Waals surface area contributed by atoms with E-state index in [9.17, 15) is 4.39 Å². The summed E-state index contributed by atoms with van der Waals surface area (Å²) in [4.78, 5) is 7.99. The van der Waals surface area contributed by atoms with Crippen molar-refractivity contribution in [3.05, 3.63) is 52.8 Å². The van der Waals surface area contributed by atoms with Crippen LogP contribution in [0.2, 0.25) is 0 Å². The van der Waals surface area contributed by atoms with Crippen LogP contribution in [0, 0.1) is 5.82 Å². The van der Waals surface area contributed by atoms with Crippen LogP contribution < -0.4 is 4.74 Å². The van der Waals surface area contributed by atoms with E-state index in [-0.39, 0.29) is 12.4 Å². The highest BCUT2D eigenvalue weighted by Gasteiger charge is 2.01. The van der Waals surface area contributed by atoms with Gasteiger partial charge in [-0.2, -0.15) is 0 Å². The van der Waals surface area contributed by atoms with Crippen LogP contribution in [-0.4, -0.2) is 9.97 Å². The summed E-state index contributed by atoms with van der Waals surface area (Å²) >= 11 is 3.19. The second-order valence-corrected chi connectivity index (χ2v) is 3.97. The molecule has 0 N–H and O–H groups in total. The Hall–Kier alpha value is -1.49. The maximum absolute atomic E-state index is 13.0. The fourth-order valence-corrected chi connectivity index (χ4v) is 1.61. The van der Waals surface area contributed by atoms with Gasteiger partial charge in [-0.25, -0.2) is 14.4 Å². The molecule has 3 nitrogen and oxygen atoms in total. The average molecular weight is 283 g/mol. The average Bonchev–Trinajstić information content (AvgIpc) is 2.27. The van der Waals surface area contributed by atoms with Gasteiger partial charge in [-0.05, 0) is 18.2 Å². The van der Waals surface area contributed by atoms with Crippen molar-refractivity contribution in [3.63, 3.8) is 0 Å². The smallest absolute Gasteiger partial charge is 0.166 e. The molecule has 1 aromatic carbocycles. The summed E-state index contributed by atoms with van der Waals surface area (Å²) in [5.41, 5.74) is 0. The van der Waals surface area contributed by atoms with Crippen molar-refractivity contribution in [3.8, 4) is 5.75 Å². The van der Waals surface area contributed by atoms with E-state index in [1.54, 1.807) is 24.5 Å². The standard InChI is InChI=1S/C11H8BrFN2O/c12-8-4-9(13)6-10(5-8)16-7-11-14-2-1-3-15-11/h1-6H,7H2. The molecule has 0 spiro atoms. The number of rotatable bonds is 3. The van der Waals surface area contributed by atoms with E-state index in [0.717, 1.165) is 0 Å². The summed E-state index contributed by atoms with van der Waals surface area (Å²) in [6, 6.07) is 6.09. The molecule has 0 amide bonds. The monoisotopic (exact) mass is 282 g/mol. The molecular weight excluding hydrogens is 275 g/mol. The van der Waals surface area contributed by atoms with Gasteiger partial charge in [0.1, 0.15) is 18.2 Å². The highest BCUT2D eigenvalue weighted by Crippen LogP contribution is 2.20. The molecule has 0 bridgehead atoms. The van der Waals surface area contributed by atoms with Gasteiger partial charge in [-0.1, -0.05) is 15.9 Å². The van der Waals surface area contributed by atoms with Gasteiger partial charge in [-0.3, -0.25) is 0 Å². The van der Waals surface area contributed by atoms with E-state index in [4.69, 9.17) is 4.74 Å². The van der Waals surface area contributed by atoms with Crippen molar-refractivity contribution >= 4 is 15.9 Å². The van der Waals surface area contributed by atoms with Gasteiger partial charge in [0.25, 0.3) is 0 Å². The lowest BCUT2D eigenvalue weighted by Gasteiger charge is -2.05. The fraction of sp³-hybridized carbons (Fsp3) is 0.0909. The Morgan fingerprint density at radius 3 is 2.62 bits per heavy atom. The lowest BCUT2D eigenvalue weighted by molar-refractivity contribution is 0.294. The molecule has 1 aromatic heterocycles. The topological polar surface area (TPSA) is 35.0 Å². The first-order chi connectivity index (χ1) is 7.74.